The molecule has 3 N–H and O–H groups in total. The molecule has 0 saturated heterocycles. The Morgan fingerprint density at radius 1 is 0.333 bits per heavy atom. The lowest BCUT2D eigenvalue weighted by Gasteiger charge is -2.20. The second-order valence-corrected chi connectivity index (χ2v) is 22.6. The van der Waals surface area contributed by atoms with Crippen LogP contribution in [-0.4, -0.2) is 34.9 Å². The van der Waals surface area contributed by atoms with Crippen molar-refractivity contribution in [1.82, 2.24) is 5.32 Å². The normalized spacial score (nSPS) is 12.7. The summed E-state index contributed by atoms with van der Waals surface area (Å²) in [4.78, 5) is 12.5. The molecular weight excluding hydrogens is 843 g/mol. The van der Waals surface area contributed by atoms with Gasteiger partial charge in [0, 0.05) is 6.42 Å². The number of nitrogens with one attached hydrogen (secondary N) is 1. The van der Waals surface area contributed by atoms with Crippen LogP contribution in [0.15, 0.2) is 12.2 Å². The summed E-state index contributed by atoms with van der Waals surface area (Å²) in [6, 6.07) is -0.618. The second-order valence-electron chi connectivity index (χ2n) is 22.6. The highest BCUT2D eigenvalue weighted by Crippen LogP contribution is 2.19. The summed E-state index contributed by atoms with van der Waals surface area (Å²) >= 11 is 0. The number of amides is 1. The molecule has 0 fully saturated rings. The summed E-state index contributed by atoms with van der Waals surface area (Å²) in [5, 5.41) is 23.2. The predicted molar refractivity (Wildman–Crippen MR) is 309 cm³/mol. The lowest BCUT2D eigenvalue weighted by Crippen LogP contribution is -2.45. The van der Waals surface area contributed by atoms with Crippen molar-refractivity contribution in [2.24, 2.45) is 0 Å². The Bertz CT molecular complexity index is 967. The third kappa shape index (κ3) is 57.9. The molecule has 0 saturated carbocycles. The minimum absolute atomic E-state index is 0.0545. The van der Waals surface area contributed by atoms with Crippen molar-refractivity contribution in [2.75, 3.05) is 6.61 Å². The molecule has 0 aromatic rings. The maximum atomic E-state index is 12.5. The number of carbonyl (C=O) groups is 1. The van der Waals surface area contributed by atoms with E-state index in [9.17, 15) is 15.0 Å². The Labute approximate surface area is 435 Å². The SMILES string of the molecule is CCCCCCCCCCCCCCCCCCC/C=C/C(O)C(CO)NC(=O)CCCCCCCCCCCCCCCCCCCCCCCCCCCCCCCCCCCCCCCC. The summed E-state index contributed by atoms with van der Waals surface area (Å²) in [5.41, 5.74) is 0. The average molecular weight is 973 g/mol. The molecule has 2 atom stereocenters. The molecule has 0 heterocycles. The van der Waals surface area contributed by atoms with E-state index in [2.05, 4.69) is 19.2 Å². The van der Waals surface area contributed by atoms with E-state index >= 15 is 0 Å². The van der Waals surface area contributed by atoms with Crippen LogP contribution in [0.25, 0.3) is 0 Å². The van der Waals surface area contributed by atoms with E-state index in [-0.39, 0.29) is 12.5 Å². The third-order valence-electron chi connectivity index (χ3n) is 15.5. The Morgan fingerprint density at radius 2 is 0.536 bits per heavy atom. The quantitative estimate of drug-likeness (QED) is 0.0420. The molecule has 0 aliphatic rings. The van der Waals surface area contributed by atoms with Crippen molar-refractivity contribution in [2.45, 2.75) is 392 Å². The van der Waals surface area contributed by atoms with E-state index in [1.165, 1.54) is 334 Å². The van der Waals surface area contributed by atoms with Gasteiger partial charge in [0.2, 0.25) is 5.91 Å². The zero-order valence-electron chi connectivity index (χ0n) is 47.6. The molecule has 1 amide bonds. The summed E-state index contributed by atoms with van der Waals surface area (Å²) in [7, 11) is 0. The van der Waals surface area contributed by atoms with Gasteiger partial charge in [0.05, 0.1) is 18.8 Å². The molecule has 0 radical (unpaired) electrons. The minimum Gasteiger partial charge on any atom is -0.394 e. The lowest BCUT2D eigenvalue weighted by atomic mass is 10.0. The van der Waals surface area contributed by atoms with Gasteiger partial charge in [0.1, 0.15) is 0 Å². The smallest absolute Gasteiger partial charge is 0.220 e. The maximum absolute atomic E-state index is 12.5. The average Bonchev–Trinajstić information content (AvgIpc) is 3.35. The first-order valence-corrected chi connectivity index (χ1v) is 32.4. The molecule has 0 aromatic carbocycles. The van der Waals surface area contributed by atoms with Crippen molar-refractivity contribution in [3.05, 3.63) is 12.2 Å². The molecule has 0 aromatic heterocycles. The first-order valence-electron chi connectivity index (χ1n) is 32.4. The molecule has 0 aliphatic carbocycles. The topological polar surface area (TPSA) is 69.6 Å². The molecule has 412 valence electrons. The van der Waals surface area contributed by atoms with E-state index in [4.69, 9.17) is 0 Å². The number of rotatable bonds is 61. The zero-order valence-corrected chi connectivity index (χ0v) is 47.6. The standard InChI is InChI=1S/C65H129NO3/c1-3-5-7-9-11-13-15-17-19-21-23-24-25-26-27-28-29-30-31-32-33-34-35-36-37-38-39-40-41-43-45-47-49-51-53-55-57-59-61-65(69)66-63(62-67)64(68)60-58-56-54-52-50-48-46-44-42-22-20-18-16-14-12-10-8-6-4-2/h58,60,63-64,67-68H,3-57,59,61-62H2,1-2H3,(H,66,69)/b60-58+. The van der Waals surface area contributed by atoms with Crippen molar-refractivity contribution in [3.63, 3.8) is 0 Å². The van der Waals surface area contributed by atoms with Crippen molar-refractivity contribution in [1.29, 1.82) is 0 Å². The third-order valence-corrected chi connectivity index (χ3v) is 15.5. The van der Waals surface area contributed by atoms with Crippen LogP contribution in [0.4, 0.5) is 0 Å². The van der Waals surface area contributed by atoms with Crippen LogP contribution in [0.3, 0.4) is 0 Å². The molecular formula is C65H129NO3. The van der Waals surface area contributed by atoms with Crippen LogP contribution in [-0.2, 0) is 4.79 Å². The fourth-order valence-corrected chi connectivity index (χ4v) is 10.6. The number of aliphatic hydroxyl groups excluding tert-OH is 2. The molecule has 4 heteroatoms. The maximum Gasteiger partial charge on any atom is 0.220 e. The molecule has 0 spiro atoms. The summed E-state index contributed by atoms with van der Waals surface area (Å²) in [5.74, 6) is -0.0545. The Hall–Kier alpha value is -0.870. The summed E-state index contributed by atoms with van der Waals surface area (Å²) in [6.07, 6.45) is 81.4. The van der Waals surface area contributed by atoms with Gasteiger partial charge < -0.3 is 15.5 Å². The number of carbonyl (C=O) groups excluding carboxylic acids is 1. The van der Waals surface area contributed by atoms with E-state index in [0.29, 0.717) is 6.42 Å². The van der Waals surface area contributed by atoms with Gasteiger partial charge in [-0.2, -0.15) is 0 Å². The molecule has 0 aliphatic heterocycles. The van der Waals surface area contributed by atoms with Gasteiger partial charge in [-0.1, -0.05) is 366 Å². The summed E-state index contributed by atoms with van der Waals surface area (Å²) in [6.45, 7) is 4.36. The van der Waals surface area contributed by atoms with Gasteiger partial charge in [-0.15, -0.1) is 0 Å². The first kappa shape index (κ1) is 68.1. The van der Waals surface area contributed by atoms with Crippen LogP contribution in [0.1, 0.15) is 380 Å². The Balaban J connectivity index is 3.36. The number of allylic oxidation sites excluding steroid dienone is 1. The largest absolute Gasteiger partial charge is 0.394 e. The van der Waals surface area contributed by atoms with E-state index in [1.54, 1.807) is 6.08 Å². The van der Waals surface area contributed by atoms with Crippen LogP contribution < -0.4 is 5.32 Å². The van der Waals surface area contributed by atoms with Crippen molar-refractivity contribution >= 4 is 5.91 Å². The fourth-order valence-electron chi connectivity index (χ4n) is 10.6. The highest BCUT2D eigenvalue weighted by Gasteiger charge is 2.18. The van der Waals surface area contributed by atoms with Crippen molar-refractivity contribution in [3.8, 4) is 0 Å². The highest BCUT2D eigenvalue weighted by molar-refractivity contribution is 5.76. The second kappa shape index (κ2) is 61.4. The van der Waals surface area contributed by atoms with E-state index in [0.717, 1.165) is 25.7 Å². The van der Waals surface area contributed by atoms with Gasteiger partial charge in [0.15, 0.2) is 0 Å². The van der Waals surface area contributed by atoms with Crippen LogP contribution in [0.2, 0.25) is 0 Å². The highest BCUT2D eigenvalue weighted by atomic mass is 16.3. The Morgan fingerprint density at radius 3 is 0.754 bits per heavy atom. The van der Waals surface area contributed by atoms with E-state index < -0.39 is 12.1 Å². The van der Waals surface area contributed by atoms with Gasteiger partial charge in [0.25, 0.3) is 0 Å². The molecule has 69 heavy (non-hydrogen) atoms. The van der Waals surface area contributed by atoms with Crippen LogP contribution in [0, 0.1) is 0 Å². The number of hydrogen-bond acceptors (Lipinski definition) is 3. The number of hydrogen-bond donors (Lipinski definition) is 3. The lowest BCUT2D eigenvalue weighted by molar-refractivity contribution is -0.123. The number of unbranched alkanes of at least 4 members (excludes halogenated alkanes) is 54. The van der Waals surface area contributed by atoms with Crippen LogP contribution in [0.5, 0.6) is 0 Å². The first-order chi connectivity index (χ1) is 34.2. The number of aliphatic hydroxyl groups is 2. The molecule has 2 unspecified atom stereocenters. The summed E-state index contributed by atoms with van der Waals surface area (Å²) < 4.78 is 0. The van der Waals surface area contributed by atoms with Gasteiger partial charge >= 0.3 is 0 Å². The monoisotopic (exact) mass is 972 g/mol. The van der Waals surface area contributed by atoms with Crippen molar-refractivity contribution < 1.29 is 15.0 Å². The Kier molecular flexibility index (Phi) is 60.7. The van der Waals surface area contributed by atoms with Gasteiger partial charge in [-0.05, 0) is 19.3 Å². The molecule has 0 bridgehead atoms. The van der Waals surface area contributed by atoms with Crippen LogP contribution >= 0.6 is 0 Å². The molecule has 4 nitrogen and oxygen atoms in total. The van der Waals surface area contributed by atoms with Gasteiger partial charge in [-0.3, -0.25) is 4.79 Å². The van der Waals surface area contributed by atoms with Gasteiger partial charge in [-0.25, -0.2) is 0 Å². The fraction of sp³-hybridized carbons (Fsp3) is 0.954. The van der Waals surface area contributed by atoms with E-state index in [1.807, 2.05) is 6.08 Å². The zero-order chi connectivity index (χ0) is 49.9. The minimum atomic E-state index is -0.836. The predicted octanol–water partition coefficient (Wildman–Crippen LogP) is 21.7. The molecule has 0 rings (SSSR count).